The van der Waals surface area contributed by atoms with E-state index in [0.717, 1.165) is 4.48 Å². The minimum Gasteiger partial charge on any atom is -0.0753 e. The Balaban J connectivity index is 2.62. The average molecular weight is 313 g/mol. The highest BCUT2D eigenvalue weighted by Gasteiger charge is 2.08. The SMILES string of the molecule is CC(C)=CC(Br)=C(c1ccccc1)c1ccccc1. The van der Waals surface area contributed by atoms with Crippen LogP contribution >= 0.6 is 15.9 Å². The van der Waals surface area contributed by atoms with Crippen LogP contribution in [0.1, 0.15) is 25.0 Å². The largest absolute Gasteiger partial charge is 0.0753 e. The van der Waals surface area contributed by atoms with Crippen LogP contribution in [0.2, 0.25) is 0 Å². The monoisotopic (exact) mass is 312 g/mol. The molecule has 0 aromatic heterocycles. The molecule has 0 fully saturated rings. The minimum atomic E-state index is 1.12. The molecule has 96 valence electrons. The first-order valence-corrected chi connectivity index (χ1v) is 7.13. The normalized spacial score (nSPS) is 9.84. The zero-order valence-corrected chi connectivity index (χ0v) is 12.8. The third kappa shape index (κ3) is 3.68. The number of halogens is 1. The highest BCUT2D eigenvalue weighted by Crippen LogP contribution is 2.30. The van der Waals surface area contributed by atoms with Gasteiger partial charge in [-0.2, -0.15) is 0 Å². The van der Waals surface area contributed by atoms with Gasteiger partial charge in [-0.3, -0.25) is 0 Å². The van der Waals surface area contributed by atoms with Gasteiger partial charge in [0.1, 0.15) is 0 Å². The third-order valence-electron chi connectivity index (χ3n) is 2.78. The van der Waals surface area contributed by atoms with Crippen molar-refractivity contribution >= 4 is 21.5 Å². The van der Waals surface area contributed by atoms with Gasteiger partial charge in [0.25, 0.3) is 0 Å². The predicted octanol–water partition coefficient (Wildman–Crippen LogP) is 5.81. The van der Waals surface area contributed by atoms with Crippen molar-refractivity contribution in [2.45, 2.75) is 13.8 Å². The van der Waals surface area contributed by atoms with Crippen molar-refractivity contribution in [1.29, 1.82) is 0 Å². The maximum Gasteiger partial charge on any atom is 0.0259 e. The maximum atomic E-state index is 3.72. The molecule has 0 saturated heterocycles. The van der Waals surface area contributed by atoms with E-state index in [1.807, 2.05) is 12.1 Å². The van der Waals surface area contributed by atoms with Gasteiger partial charge in [0.05, 0.1) is 0 Å². The summed E-state index contributed by atoms with van der Waals surface area (Å²) >= 11 is 3.72. The molecule has 0 heterocycles. The Labute approximate surface area is 123 Å². The number of allylic oxidation sites excluding steroid dienone is 3. The molecule has 0 saturated carbocycles. The quantitative estimate of drug-likeness (QED) is 0.628. The summed E-state index contributed by atoms with van der Waals surface area (Å²) in [6.07, 6.45) is 2.16. The van der Waals surface area contributed by atoms with E-state index in [4.69, 9.17) is 0 Å². The zero-order chi connectivity index (χ0) is 13.7. The summed E-state index contributed by atoms with van der Waals surface area (Å²) in [4.78, 5) is 0. The third-order valence-corrected chi connectivity index (χ3v) is 3.40. The summed E-state index contributed by atoms with van der Waals surface area (Å²) < 4.78 is 1.12. The van der Waals surface area contributed by atoms with E-state index in [2.05, 4.69) is 84.4 Å². The van der Waals surface area contributed by atoms with E-state index in [1.165, 1.54) is 22.3 Å². The van der Waals surface area contributed by atoms with Crippen molar-refractivity contribution < 1.29 is 0 Å². The van der Waals surface area contributed by atoms with Crippen molar-refractivity contribution in [3.8, 4) is 0 Å². The number of benzene rings is 2. The van der Waals surface area contributed by atoms with E-state index in [1.54, 1.807) is 0 Å². The maximum absolute atomic E-state index is 3.72. The molecule has 2 rings (SSSR count). The molecule has 0 N–H and O–H groups in total. The molecule has 0 atom stereocenters. The molecule has 0 aliphatic rings. The second-order valence-electron chi connectivity index (χ2n) is 4.68. The molecule has 0 spiro atoms. The first-order chi connectivity index (χ1) is 9.18. The van der Waals surface area contributed by atoms with E-state index in [0.29, 0.717) is 0 Å². The van der Waals surface area contributed by atoms with Gasteiger partial charge >= 0.3 is 0 Å². The van der Waals surface area contributed by atoms with Crippen LogP contribution in [0.5, 0.6) is 0 Å². The van der Waals surface area contributed by atoms with Crippen LogP contribution in [0.3, 0.4) is 0 Å². The number of hydrogen-bond donors (Lipinski definition) is 0. The molecule has 0 amide bonds. The first-order valence-electron chi connectivity index (χ1n) is 6.34. The molecule has 0 aliphatic heterocycles. The van der Waals surface area contributed by atoms with Crippen LogP contribution < -0.4 is 0 Å². The molecule has 2 aromatic rings. The average Bonchev–Trinajstić information content (AvgIpc) is 2.40. The Hall–Kier alpha value is -1.60. The number of hydrogen-bond acceptors (Lipinski definition) is 0. The first kappa shape index (κ1) is 13.8. The Bertz CT molecular complexity index is 547. The molecular weight excluding hydrogens is 296 g/mol. The summed E-state index contributed by atoms with van der Waals surface area (Å²) in [5.41, 5.74) is 4.94. The standard InChI is InChI=1S/C18H17Br/c1-14(2)13-17(19)18(15-9-5-3-6-10-15)16-11-7-4-8-12-16/h3-13H,1-2H3. The summed E-state index contributed by atoms with van der Waals surface area (Å²) in [5, 5.41) is 0. The zero-order valence-electron chi connectivity index (χ0n) is 11.2. The van der Waals surface area contributed by atoms with Gasteiger partial charge in [-0.1, -0.05) is 82.2 Å². The van der Waals surface area contributed by atoms with E-state index >= 15 is 0 Å². The summed E-state index contributed by atoms with van der Waals surface area (Å²) in [6.45, 7) is 4.21. The van der Waals surface area contributed by atoms with Crippen LogP contribution in [-0.2, 0) is 0 Å². The molecular formula is C18H17Br. The van der Waals surface area contributed by atoms with Gasteiger partial charge < -0.3 is 0 Å². The smallest absolute Gasteiger partial charge is 0.0259 e. The Kier molecular flexibility index (Phi) is 4.75. The molecule has 0 nitrogen and oxygen atoms in total. The van der Waals surface area contributed by atoms with Gasteiger partial charge in [-0.05, 0) is 31.1 Å². The van der Waals surface area contributed by atoms with Crippen molar-refractivity contribution in [2.75, 3.05) is 0 Å². The van der Waals surface area contributed by atoms with E-state index < -0.39 is 0 Å². The van der Waals surface area contributed by atoms with E-state index in [9.17, 15) is 0 Å². The van der Waals surface area contributed by atoms with Crippen molar-refractivity contribution in [1.82, 2.24) is 0 Å². The molecule has 0 bridgehead atoms. The Morgan fingerprint density at radius 2 is 1.21 bits per heavy atom. The van der Waals surface area contributed by atoms with Crippen LogP contribution in [-0.4, -0.2) is 0 Å². The molecule has 0 radical (unpaired) electrons. The fraction of sp³-hybridized carbons (Fsp3) is 0.111. The molecule has 1 heteroatoms. The van der Waals surface area contributed by atoms with E-state index in [-0.39, 0.29) is 0 Å². The van der Waals surface area contributed by atoms with Gasteiger partial charge in [0.15, 0.2) is 0 Å². The van der Waals surface area contributed by atoms with Gasteiger partial charge in [0, 0.05) is 10.1 Å². The van der Waals surface area contributed by atoms with Crippen LogP contribution in [0.15, 0.2) is 76.8 Å². The fourth-order valence-electron chi connectivity index (χ4n) is 1.98. The Morgan fingerprint density at radius 3 is 1.58 bits per heavy atom. The van der Waals surface area contributed by atoms with Crippen molar-refractivity contribution in [2.24, 2.45) is 0 Å². The van der Waals surface area contributed by atoms with Crippen LogP contribution in [0.25, 0.3) is 5.57 Å². The molecule has 0 aliphatic carbocycles. The Morgan fingerprint density at radius 1 is 0.789 bits per heavy atom. The van der Waals surface area contributed by atoms with Crippen LogP contribution in [0, 0.1) is 0 Å². The lowest BCUT2D eigenvalue weighted by Crippen LogP contribution is -1.89. The second-order valence-corrected chi connectivity index (χ2v) is 5.53. The lowest BCUT2D eigenvalue weighted by molar-refractivity contribution is 1.39. The molecule has 2 aromatic carbocycles. The van der Waals surface area contributed by atoms with Gasteiger partial charge in [0.2, 0.25) is 0 Å². The summed E-state index contributed by atoms with van der Waals surface area (Å²) in [6, 6.07) is 20.9. The predicted molar refractivity (Wildman–Crippen MR) is 87.3 cm³/mol. The van der Waals surface area contributed by atoms with Gasteiger partial charge in [-0.25, -0.2) is 0 Å². The minimum absolute atomic E-state index is 1.12. The second kappa shape index (κ2) is 6.53. The lowest BCUT2D eigenvalue weighted by atomic mass is 9.97. The van der Waals surface area contributed by atoms with Crippen molar-refractivity contribution in [3.63, 3.8) is 0 Å². The molecule has 0 unspecified atom stereocenters. The van der Waals surface area contributed by atoms with Crippen molar-refractivity contribution in [3.05, 3.63) is 87.9 Å². The highest BCUT2D eigenvalue weighted by molar-refractivity contribution is 9.12. The topological polar surface area (TPSA) is 0 Å². The summed E-state index contributed by atoms with van der Waals surface area (Å²) in [5.74, 6) is 0. The molecule has 19 heavy (non-hydrogen) atoms. The fourth-order valence-corrected chi connectivity index (χ4v) is 2.89. The highest BCUT2D eigenvalue weighted by atomic mass is 79.9. The summed E-state index contributed by atoms with van der Waals surface area (Å²) in [7, 11) is 0. The lowest BCUT2D eigenvalue weighted by Gasteiger charge is -2.10. The van der Waals surface area contributed by atoms with Crippen LogP contribution in [0.4, 0.5) is 0 Å². The number of rotatable bonds is 3. The van der Waals surface area contributed by atoms with Gasteiger partial charge in [-0.15, -0.1) is 0 Å².